The number of aryl methyl sites for hydroxylation is 2. The third-order valence-electron chi connectivity index (χ3n) is 6.11. The van der Waals surface area contributed by atoms with Crippen LogP contribution in [0.1, 0.15) is 62.0 Å². The molecule has 2 aliphatic rings. The molecule has 24 heavy (non-hydrogen) atoms. The molecule has 1 N–H and O–H groups in total. The molecule has 2 fully saturated rings. The molecular formula is C19H32N4O. The Balaban J connectivity index is 1.69. The third-order valence-corrected chi connectivity index (χ3v) is 6.11. The lowest BCUT2D eigenvalue weighted by Crippen LogP contribution is -2.37. The second kappa shape index (κ2) is 7.26. The summed E-state index contributed by atoms with van der Waals surface area (Å²) in [5.41, 5.74) is 3.54. The number of hydrogen-bond donors (Lipinski definition) is 1. The predicted octanol–water partition coefficient (Wildman–Crippen LogP) is 2.73. The van der Waals surface area contributed by atoms with Crippen LogP contribution in [-0.2, 0) is 11.8 Å². The minimum atomic E-state index is 0.225. The minimum Gasteiger partial charge on any atom is -0.336 e. The molecule has 3 heterocycles. The maximum absolute atomic E-state index is 13.0. The molecule has 0 saturated carbocycles. The number of amides is 1. The lowest BCUT2D eigenvalue weighted by atomic mass is 9.85. The monoisotopic (exact) mass is 332 g/mol. The first-order chi connectivity index (χ1) is 11.5. The van der Waals surface area contributed by atoms with Crippen molar-refractivity contribution in [2.45, 2.75) is 58.9 Å². The van der Waals surface area contributed by atoms with E-state index in [1.807, 2.05) is 11.7 Å². The molecule has 5 heteroatoms. The summed E-state index contributed by atoms with van der Waals surface area (Å²) < 4.78 is 1.95. The van der Waals surface area contributed by atoms with E-state index in [0.717, 1.165) is 38.2 Å². The fourth-order valence-corrected chi connectivity index (χ4v) is 4.56. The number of piperidine rings is 1. The summed E-state index contributed by atoms with van der Waals surface area (Å²) in [6.45, 7) is 9.53. The van der Waals surface area contributed by atoms with Gasteiger partial charge in [-0.05, 0) is 64.5 Å². The van der Waals surface area contributed by atoms with Gasteiger partial charge in [-0.3, -0.25) is 9.48 Å². The third kappa shape index (κ3) is 3.37. The van der Waals surface area contributed by atoms with E-state index in [1.165, 1.54) is 24.1 Å². The van der Waals surface area contributed by atoms with Gasteiger partial charge in [0.1, 0.15) is 0 Å². The van der Waals surface area contributed by atoms with Crippen molar-refractivity contribution < 1.29 is 4.79 Å². The molecule has 2 saturated heterocycles. The number of nitrogens with one attached hydrogen (secondary N) is 1. The van der Waals surface area contributed by atoms with E-state index in [0.29, 0.717) is 24.2 Å². The van der Waals surface area contributed by atoms with Gasteiger partial charge >= 0.3 is 0 Å². The van der Waals surface area contributed by atoms with Crippen molar-refractivity contribution in [2.24, 2.45) is 18.9 Å². The van der Waals surface area contributed by atoms with Gasteiger partial charge in [-0.25, -0.2) is 0 Å². The molecule has 0 aliphatic carbocycles. The number of hydrogen-bond acceptors (Lipinski definition) is 3. The molecule has 0 bridgehead atoms. The predicted molar refractivity (Wildman–Crippen MR) is 95.7 cm³/mol. The van der Waals surface area contributed by atoms with E-state index in [4.69, 9.17) is 0 Å². The molecule has 1 aromatic rings. The van der Waals surface area contributed by atoms with Gasteiger partial charge in [0.15, 0.2) is 0 Å². The van der Waals surface area contributed by atoms with Crippen LogP contribution < -0.4 is 5.32 Å². The van der Waals surface area contributed by atoms with Crippen LogP contribution in [0.2, 0.25) is 0 Å². The molecule has 5 nitrogen and oxygen atoms in total. The SMILES string of the molecule is Cc1nn(C)c(C)c1C1CCCN1C(=O)CC(C)C1CCCNC1. The van der Waals surface area contributed by atoms with Gasteiger partial charge in [-0.2, -0.15) is 5.10 Å². The fourth-order valence-electron chi connectivity index (χ4n) is 4.56. The average Bonchev–Trinajstić information content (AvgIpc) is 3.13. The highest BCUT2D eigenvalue weighted by atomic mass is 16.2. The van der Waals surface area contributed by atoms with Gasteiger partial charge in [0.2, 0.25) is 5.91 Å². The molecule has 3 rings (SSSR count). The Morgan fingerprint density at radius 2 is 2.12 bits per heavy atom. The maximum Gasteiger partial charge on any atom is 0.223 e. The van der Waals surface area contributed by atoms with Gasteiger partial charge < -0.3 is 10.2 Å². The van der Waals surface area contributed by atoms with Crippen molar-refractivity contribution >= 4 is 5.91 Å². The molecule has 3 unspecified atom stereocenters. The van der Waals surface area contributed by atoms with Crippen molar-refractivity contribution in [1.29, 1.82) is 0 Å². The number of carbonyl (C=O) groups is 1. The average molecular weight is 332 g/mol. The van der Waals surface area contributed by atoms with E-state index in [-0.39, 0.29) is 6.04 Å². The van der Waals surface area contributed by atoms with Crippen LogP contribution in [-0.4, -0.2) is 40.2 Å². The summed E-state index contributed by atoms with van der Waals surface area (Å²) in [5, 5.41) is 8.03. The first-order valence-electron chi connectivity index (χ1n) is 9.49. The fraction of sp³-hybridized carbons (Fsp3) is 0.789. The lowest BCUT2D eigenvalue weighted by molar-refractivity contribution is -0.133. The van der Waals surface area contributed by atoms with Crippen molar-refractivity contribution in [1.82, 2.24) is 20.0 Å². The summed E-state index contributed by atoms with van der Waals surface area (Å²) in [6, 6.07) is 0.225. The van der Waals surface area contributed by atoms with Crippen LogP contribution in [0.25, 0.3) is 0 Å². The second-order valence-electron chi connectivity index (χ2n) is 7.74. The van der Waals surface area contributed by atoms with E-state index in [9.17, 15) is 4.79 Å². The van der Waals surface area contributed by atoms with Crippen LogP contribution in [0.3, 0.4) is 0 Å². The van der Waals surface area contributed by atoms with E-state index >= 15 is 0 Å². The van der Waals surface area contributed by atoms with E-state index in [1.54, 1.807) is 0 Å². The standard InChI is InChI=1S/C19H32N4O/c1-13(16-7-5-9-20-12-16)11-18(24)23-10-6-8-17(23)19-14(2)21-22(4)15(19)3/h13,16-17,20H,5-12H2,1-4H3. The Morgan fingerprint density at radius 1 is 1.33 bits per heavy atom. The van der Waals surface area contributed by atoms with Gasteiger partial charge in [0, 0.05) is 31.3 Å². The largest absolute Gasteiger partial charge is 0.336 e. The molecule has 134 valence electrons. The van der Waals surface area contributed by atoms with E-state index < -0.39 is 0 Å². The second-order valence-corrected chi connectivity index (χ2v) is 7.74. The molecule has 3 atom stereocenters. The summed E-state index contributed by atoms with van der Waals surface area (Å²) in [7, 11) is 1.99. The van der Waals surface area contributed by atoms with Gasteiger partial charge in [0.25, 0.3) is 0 Å². The van der Waals surface area contributed by atoms with Crippen LogP contribution in [0.4, 0.5) is 0 Å². The molecular weight excluding hydrogens is 300 g/mol. The molecule has 0 radical (unpaired) electrons. The summed E-state index contributed by atoms with van der Waals surface area (Å²) in [4.78, 5) is 15.1. The van der Waals surface area contributed by atoms with Crippen molar-refractivity contribution in [3.8, 4) is 0 Å². The van der Waals surface area contributed by atoms with Crippen LogP contribution >= 0.6 is 0 Å². The highest BCUT2D eigenvalue weighted by molar-refractivity contribution is 5.77. The van der Waals surface area contributed by atoms with Crippen LogP contribution in [0.5, 0.6) is 0 Å². The summed E-state index contributed by atoms with van der Waals surface area (Å²) in [5.74, 6) is 1.44. The van der Waals surface area contributed by atoms with Crippen molar-refractivity contribution in [3.63, 3.8) is 0 Å². The summed E-state index contributed by atoms with van der Waals surface area (Å²) >= 11 is 0. The highest BCUT2D eigenvalue weighted by Gasteiger charge is 2.34. The smallest absolute Gasteiger partial charge is 0.223 e. The Bertz CT molecular complexity index is 588. The number of carbonyl (C=O) groups excluding carboxylic acids is 1. The Morgan fingerprint density at radius 3 is 2.75 bits per heavy atom. The van der Waals surface area contributed by atoms with Crippen molar-refractivity contribution in [2.75, 3.05) is 19.6 Å². The Labute approximate surface area is 145 Å². The molecule has 1 amide bonds. The first kappa shape index (κ1) is 17.5. The Hall–Kier alpha value is -1.36. The van der Waals surface area contributed by atoms with Gasteiger partial charge in [-0.1, -0.05) is 6.92 Å². The zero-order chi connectivity index (χ0) is 17.3. The number of aromatic nitrogens is 2. The zero-order valence-corrected chi connectivity index (χ0v) is 15.6. The Kier molecular flexibility index (Phi) is 5.28. The van der Waals surface area contributed by atoms with Gasteiger partial charge in [0.05, 0.1) is 11.7 Å². The van der Waals surface area contributed by atoms with Crippen LogP contribution in [0.15, 0.2) is 0 Å². The number of nitrogens with zero attached hydrogens (tertiary/aromatic N) is 3. The number of rotatable bonds is 4. The first-order valence-corrected chi connectivity index (χ1v) is 9.49. The molecule has 0 aromatic carbocycles. The normalized spacial score (nSPS) is 25.9. The topological polar surface area (TPSA) is 50.2 Å². The molecule has 1 aromatic heterocycles. The molecule has 2 aliphatic heterocycles. The maximum atomic E-state index is 13.0. The summed E-state index contributed by atoms with van der Waals surface area (Å²) in [6.07, 6.45) is 5.35. The minimum absolute atomic E-state index is 0.225. The number of likely N-dealkylation sites (tertiary alicyclic amines) is 1. The molecule has 0 spiro atoms. The van der Waals surface area contributed by atoms with Crippen LogP contribution in [0, 0.1) is 25.7 Å². The highest BCUT2D eigenvalue weighted by Crippen LogP contribution is 2.36. The van der Waals surface area contributed by atoms with Gasteiger partial charge in [-0.15, -0.1) is 0 Å². The zero-order valence-electron chi connectivity index (χ0n) is 15.6. The quantitative estimate of drug-likeness (QED) is 0.922. The van der Waals surface area contributed by atoms with E-state index in [2.05, 4.69) is 36.1 Å². The lowest BCUT2D eigenvalue weighted by Gasteiger charge is -2.31. The van der Waals surface area contributed by atoms with Crippen molar-refractivity contribution in [3.05, 3.63) is 17.0 Å².